The van der Waals surface area contributed by atoms with E-state index in [9.17, 15) is 10.2 Å². The highest BCUT2D eigenvalue weighted by molar-refractivity contribution is 6.35. The first-order chi connectivity index (χ1) is 9.08. The summed E-state index contributed by atoms with van der Waals surface area (Å²) in [4.78, 5) is 0. The Morgan fingerprint density at radius 2 is 2.11 bits per heavy atom. The van der Waals surface area contributed by atoms with Crippen molar-refractivity contribution in [3.8, 4) is 5.75 Å². The van der Waals surface area contributed by atoms with Crippen molar-refractivity contribution in [1.29, 1.82) is 0 Å². The summed E-state index contributed by atoms with van der Waals surface area (Å²) in [5.41, 5.74) is 0.573. The SMILES string of the molecule is Oc1c(Cl)cc(Cl)cc1CNCC(O)c1ccco1. The monoisotopic (exact) mass is 301 g/mol. The first-order valence-electron chi connectivity index (χ1n) is 5.67. The van der Waals surface area contributed by atoms with E-state index in [4.69, 9.17) is 27.6 Å². The first-order valence-corrected chi connectivity index (χ1v) is 6.42. The van der Waals surface area contributed by atoms with Gasteiger partial charge in [0.05, 0.1) is 11.3 Å². The average molecular weight is 302 g/mol. The summed E-state index contributed by atoms with van der Waals surface area (Å²) >= 11 is 11.7. The number of halogens is 2. The minimum Gasteiger partial charge on any atom is -0.506 e. The van der Waals surface area contributed by atoms with Crippen LogP contribution in [0.15, 0.2) is 34.9 Å². The van der Waals surface area contributed by atoms with E-state index in [-0.39, 0.29) is 17.3 Å². The Hall–Kier alpha value is -1.20. The third kappa shape index (κ3) is 3.64. The van der Waals surface area contributed by atoms with Crippen molar-refractivity contribution < 1.29 is 14.6 Å². The van der Waals surface area contributed by atoms with E-state index in [1.807, 2.05) is 0 Å². The van der Waals surface area contributed by atoms with Gasteiger partial charge in [0.1, 0.15) is 17.6 Å². The predicted molar refractivity (Wildman–Crippen MR) is 73.5 cm³/mol. The molecule has 6 heteroatoms. The number of aliphatic hydroxyl groups excluding tert-OH is 1. The van der Waals surface area contributed by atoms with Crippen LogP contribution in [-0.4, -0.2) is 16.8 Å². The molecule has 2 aromatic rings. The molecule has 0 saturated carbocycles. The zero-order chi connectivity index (χ0) is 13.8. The standard InChI is InChI=1S/C13H13Cl2NO3/c14-9-4-8(13(18)10(15)5-9)6-16-7-11(17)12-2-1-3-19-12/h1-5,11,16-18H,6-7H2. The van der Waals surface area contributed by atoms with Crippen LogP contribution in [0.2, 0.25) is 10.0 Å². The molecule has 0 amide bonds. The van der Waals surface area contributed by atoms with Gasteiger partial charge in [-0.1, -0.05) is 23.2 Å². The summed E-state index contributed by atoms with van der Waals surface area (Å²) < 4.78 is 5.08. The van der Waals surface area contributed by atoms with Gasteiger partial charge in [-0.2, -0.15) is 0 Å². The van der Waals surface area contributed by atoms with Gasteiger partial charge in [0.2, 0.25) is 0 Å². The molecule has 1 unspecified atom stereocenters. The molecule has 0 spiro atoms. The van der Waals surface area contributed by atoms with Crippen molar-refractivity contribution in [3.05, 3.63) is 51.9 Å². The minimum absolute atomic E-state index is 0.00828. The molecular formula is C13H13Cl2NO3. The molecule has 0 radical (unpaired) electrons. The van der Waals surface area contributed by atoms with Gasteiger partial charge in [-0.25, -0.2) is 0 Å². The van der Waals surface area contributed by atoms with Crippen LogP contribution in [0.25, 0.3) is 0 Å². The number of phenols is 1. The number of hydrogen-bond donors (Lipinski definition) is 3. The highest BCUT2D eigenvalue weighted by Crippen LogP contribution is 2.31. The van der Waals surface area contributed by atoms with E-state index in [0.29, 0.717) is 22.9 Å². The lowest BCUT2D eigenvalue weighted by atomic mass is 10.2. The number of phenolic OH excluding ortho intramolecular Hbond substituents is 1. The Bertz CT molecular complexity index is 543. The molecule has 2 rings (SSSR count). The van der Waals surface area contributed by atoms with Gasteiger partial charge in [0, 0.05) is 23.7 Å². The molecule has 0 aliphatic rings. The lowest BCUT2D eigenvalue weighted by molar-refractivity contribution is 0.147. The fraction of sp³-hybridized carbons (Fsp3) is 0.231. The zero-order valence-corrected chi connectivity index (χ0v) is 11.4. The van der Waals surface area contributed by atoms with E-state index in [1.54, 1.807) is 18.2 Å². The predicted octanol–water partition coefficient (Wildman–Crippen LogP) is 3.12. The molecule has 0 fully saturated rings. The molecule has 1 heterocycles. The van der Waals surface area contributed by atoms with Crippen molar-refractivity contribution in [2.45, 2.75) is 12.6 Å². The summed E-state index contributed by atoms with van der Waals surface area (Å²) in [6.45, 7) is 0.626. The van der Waals surface area contributed by atoms with E-state index in [1.165, 1.54) is 12.3 Å². The summed E-state index contributed by atoms with van der Waals surface area (Å²) in [6.07, 6.45) is 0.757. The lowest BCUT2D eigenvalue weighted by Gasteiger charge is -2.11. The fourth-order valence-electron chi connectivity index (χ4n) is 1.68. The molecule has 4 nitrogen and oxygen atoms in total. The summed E-state index contributed by atoms with van der Waals surface area (Å²) in [7, 11) is 0. The van der Waals surface area contributed by atoms with Crippen LogP contribution in [0.5, 0.6) is 5.75 Å². The number of furan rings is 1. The quantitative estimate of drug-likeness (QED) is 0.794. The van der Waals surface area contributed by atoms with Crippen molar-refractivity contribution in [2.75, 3.05) is 6.54 Å². The Labute approximate surface area is 120 Å². The first kappa shape index (κ1) is 14.2. The molecule has 1 atom stereocenters. The Morgan fingerprint density at radius 1 is 1.32 bits per heavy atom. The van der Waals surface area contributed by atoms with Crippen molar-refractivity contribution in [3.63, 3.8) is 0 Å². The van der Waals surface area contributed by atoms with Gasteiger partial charge in [0.15, 0.2) is 0 Å². The third-order valence-corrected chi connectivity index (χ3v) is 3.14. The number of nitrogens with one attached hydrogen (secondary N) is 1. The highest BCUT2D eigenvalue weighted by Gasteiger charge is 2.11. The minimum atomic E-state index is -0.744. The van der Waals surface area contributed by atoms with Crippen LogP contribution in [-0.2, 0) is 6.54 Å². The van der Waals surface area contributed by atoms with Crippen LogP contribution < -0.4 is 5.32 Å². The van der Waals surface area contributed by atoms with Crippen LogP contribution in [0, 0.1) is 0 Å². The number of aromatic hydroxyl groups is 1. The maximum absolute atomic E-state index is 9.80. The Morgan fingerprint density at radius 3 is 2.79 bits per heavy atom. The second kappa shape index (κ2) is 6.30. The van der Waals surface area contributed by atoms with Crippen molar-refractivity contribution in [2.24, 2.45) is 0 Å². The van der Waals surface area contributed by atoms with Gasteiger partial charge in [-0.3, -0.25) is 0 Å². The molecule has 0 bridgehead atoms. The second-order valence-electron chi connectivity index (χ2n) is 4.06. The van der Waals surface area contributed by atoms with Crippen LogP contribution in [0.1, 0.15) is 17.4 Å². The van der Waals surface area contributed by atoms with E-state index in [0.717, 1.165) is 0 Å². The summed E-state index contributed by atoms with van der Waals surface area (Å²) in [5, 5.41) is 23.2. The maximum atomic E-state index is 9.80. The van der Waals surface area contributed by atoms with Crippen LogP contribution in [0.3, 0.4) is 0 Å². The third-order valence-electron chi connectivity index (χ3n) is 2.63. The van der Waals surface area contributed by atoms with Crippen LogP contribution >= 0.6 is 23.2 Å². The molecule has 102 valence electrons. The van der Waals surface area contributed by atoms with E-state index >= 15 is 0 Å². The summed E-state index contributed by atoms with van der Waals surface area (Å²) in [5.74, 6) is 0.479. The molecule has 0 saturated heterocycles. The number of benzene rings is 1. The molecule has 3 N–H and O–H groups in total. The molecule has 1 aromatic carbocycles. The van der Waals surface area contributed by atoms with Gasteiger partial charge >= 0.3 is 0 Å². The van der Waals surface area contributed by atoms with Gasteiger partial charge in [-0.05, 0) is 24.3 Å². The number of rotatable bonds is 5. The maximum Gasteiger partial charge on any atom is 0.138 e. The second-order valence-corrected chi connectivity index (χ2v) is 4.90. The molecule has 1 aromatic heterocycles. The largest absolute Gasteiger partial charge is 0.506 e. The Kier molecular flexibility index (Phi) is 4.71. The Balaban J connectivity index is 1.93. The molecule has 19 heavy (non-hydrogen) atoms. The molecule has 0 aliphatic carbocycles. The average Bonchev–Trinajstić information content (AvgIpc) is 2.88. The van der Waals surface area contributed by atoms with Gasteiger partial charge in [0.25, 0.3) is 0 Å². The van der Waals surface area contributed by atoms with E-state index < -0.39 is 6.10 Å². The van der Waals surface area contributed by atoms with Gasteiger partial charge < -0.3 is 19.9 Å². The van der Waals surface area contributed by atoms with Gasteiger partial charge in [-0.15, -0.1) is 0 Å². The normalized spacial score (nSPS) is 12.6. The fourth-order valence-corrected chi connectivity index (χ4v) is 2.21. The number of hydrogen-bond acceptors (Lipinski definition) is 4. The van der Waals surface area contributed by atoms with E-state index in [2.05, 4.69) is 5.32 Å². The molecule has 0 aliphatic heterocycles. The highest BCUT2D eigenvalue weighted by atomic mass is 35.5. The smallest absolute Gasteiger partial charge is 0.138 e. The van der Waals surface area contributed by atoms with Crippen LogP contribution in [0.4, 0.5) is 0 Å². The summed E-state index contributed by atoms with van der Waals surface area (Å²) in [6, 6.07) is 6.50. The molecular weight excluding hydrogens is 289 g/mol. The lowest BCUT2D eigenvalue weighted by Crippen LogP contribution is -2.20. The van der Waals surface area contributed by atoms with Crippen molar-refractivity contribution >= 4 is 23.2 Å². The topological polar surface area (TPSA) is 65.6 Å². The number of aliphatic hydroxyl groups is 1. The zero-order valence-electron chi connectivity index (χ0n) is 9.94. The van der Waals surface area contributed by atoms with Crippen molar-refractivity contribution in [1.82, 2.24) is 5.32 Å².